The minimum absolute atomic E-state index is 0.0616. The summed E-state index contributed by atoms with van der Waals surface area (Å²) in [6.45, 7) is 0.838. The van der Waals surface area contributed by atoms with Gasteiger partial charge < -0.3 is 19.4 Å². The summed E-state index contributed by atoms with van der Waals surface area (Å²) in [6, 6.07) is 16.5. The monoisotopic (exact) mass is 462 g/mol. The Morgan fingerprint density at radius 2 is 1.62 bits per heavy atom. The maximum absolute atomic E-state index is 14.4. The van der Waals surface area contributed by atoms with E-state index in [-0.39, 0.29) is 24.2 Å². The van der Waals surface area contributed by atoms with Crippen LogP contribution in [0.25, 0.3) is 10.9 Å². The number of fused-ring (bicyclic) bond motifs is 2. The van der Waals surface area contributed by atoms with Gasteiger partial charge in [-0.3, -0.25) is 9.59 Å². The van der Waals surface area contributed by atoms with Gasteiger partial charge in [-0.25, -0.2) is 8.78 Å². The molecular weight excluding hydrogens is 442 g/mol. The van der Waals surface area contributed by atoms with Crippen LogP contribution in [-0.4, -0.2) is 29.0 Å². The number of nitrogens with zero attached hydrogens (tertiary/aromatic N) is 1. The van der Waals surface area contributed by atoms with Crippen LogP contribution >= 0.6 is 0 Å². The topological polar surface area (TPSA) is 71.6 Å². The van der Waals surface area contributed by atoms with Crippen molar-refractivity contribution in [2.45, 2.75) is 13.1 Å². The average molecular weight is 462 g/mol. The quantitative estimate of drug-likeness (QED) is 0.477. The minimum atomic E-state index is -0.659. The lowest BCUT2D eigenvalue weighted by Crippen LogP contribution is -2.33. The molecule has 3 aromatic carbocycles. The normalized spacial score (nSPS) is 12.5. The molecule has 4 aromatic rings. The molecular formula is C26H20F2N2O4. The fourth-order valence-electron chi connectivity index (χ4n) is 3.93. The highest BCUT2D eigenvalue weighted by Gasteiger charge is 2.22. The molecule has 1 amide bonds. The van der Waals surface area contributed by atoms with E-state index in [1.54, 1.807) is 36.4 Å². The van der Waals surface area contributed by atoms with E-state index < -0.39 is 17.5 Å². The zero-order valence-electron chi connectivity index (χ0n) is 18.0. The van der Waals surface area contributed by atoms with Gasteiger partial charge in [-0.1, -0.05) is 24.3 Å². The van der Waals surface area contributed by atoms with Gasteiger partial charge in [0.1, 0.15) is 24.8 Å². The fourth-order valence-corrected chi connectivity index (χ4v) is 3.93. The number of aromatic nitrogens is 1. The lowest BCUT2D eigenvalue weighted by Gasteiger charge is -2.23. The molecule has 0 saturated heterocycles. The molecule has 0 spiro atoms. The first kappa shape index (κ1) is 21.6. The maximum atomic E-state index is 14.4. The number of hydrogen-bond donors (Lipinski definition) is 1. The lowest BCUT2D eigenvalue weighted by atomic mass is 10.1. The number of carbonyl (C=O) groups excluding carboxylic acids is 1. The first-order valence-corrected chi connectivity index (χ1v) is 10.7. The summed E-state index contributed by atoms with van der Waals surface area (Å²) in [5.74, 6) is -0.523. The Bertz CT molecular complexity index is 1430. The number of halogens is 2. The molecule has 0 unspecified atom stereocenters. The van der Waals surface area contributed by atoms with E-state index in [1.807, 2.05) is 0 Å². The van der Waals surface area contributed by atoms with Crippen LogP contribution in [0, 0.1) is 11.6 Å². The van der Waals surface area contributed by atoms with Crippen LogP contribution in [0.15, 0.2) is 71.5 Å². The molecule has 34 heavy (non-hydrogen) atoms. The Hall–Kier alpha value is -4.20. The highest BCUT2D eigenvalue weighted by atomic mass is 19.1. The number of benzene rings is 3. The van der Waals surface area contributed by atoms with E-state index in [0.717, 1.165) is 0 Å². The molecule has 2 heterocycles. The van der Waals surface area contributed by atoms with E-state index in [0.29, 0.717) is 46.7 Å². The Balaban J connectivity index is 1.52. The van der Waals surface area contributed by atoms with Gasteiger partial charge >= 0.3 is 0 Å². The lowest BCUT2D eigenvalue weighted by molar-refractivity contribution is 0.0724. The molecule has 0 radical (unpaired) electrons. The molecule has 1 aromatic heterocycles. The molecule has 1 N–H and O–H groups in total. The molecule has 1 aliphatic heterocycles. The molecule has 1 aliphatic rings. The molecule has 8 heteroatoms. The van der Waals surface area contributed by atoms with Gasteiger partial charge in [-0.2, -0.15) is 0 Å². The van der Waals surface area contributed by atoms with Crippen molar-refractivity contribution in [1.29, 1.82) is 0 Å². The first-order chi connectivity index (χ1) is 16.5. The number of ether oxygens (including phenoxy) is 2. The van der Waals surface area contributed by atoms with Crippen LogP contribution in [0.4, 0.5) is 8.78 Å². The summed E-state index contributed by atoms with van der Waals surface area (Å²) in [5.41, 5.74) is 1.04. The van der Waals surface area contributed by atoms with Gasteiger partial charge in [0.2, 0.25) is 0 Å². The second-order valence-electron chi connectivity index (χ2n) is 7.97. The molecule has 0 saturated carbocycles. The minimum Gasteiger partial charge on any atom is -0.486 e. The van der Waals surface area contributed by atoms with Crippen molar-refractivity contribution < 1.29 is 23.0 Å². The van der Waals surface area contributed by atoms with Crippen molar-refractivity contribution in [3.63, 3.8) is 0 Å². The largest absolute Gasteiger partial charge is 0.486 e. The summed E-state index contributed by atoms with van der Waals surface area (Å²) < 4.78 is 39.0. The second kappa shape index (κ2) is 8.97. The van der Waals surface area contributed by atoms with Crippen LogP contribution in [0.5, 0.6) is 11.5 Å². The van der Waals surface area contributed by atoms with Gasteiger partial charge in [0.25, 0.3) is 11.5 Å². The van der Waals surface area contributed by atoms with Crippen LogP contribution in [0.1, 0.15) is 21.5 Å². The van der Waals surface area contributed by atoms with E-state index in [1.165, 1.54) is 35.2 Å². The van der Waals surface area contributed by atoms with E-state index in [9.17, 15) is 18.4 Å². The third kappa shape index (κ3) is 4.34. The summed E-state index contributed by atoms with van der Waals surface area (Å²) in [7, 11) is 0. The molecule has 0 aliphatic carbocycles. The number of nitrogens with one attached hydrogen (secondary N) is 1. The first-order valence-electron chi connectivity index (χ1n) is 10.7. The van der Waals surface area contributed by atoms with Gasteiger partial charge in [0, 0.05) is 23.6 Å². The number of carbonyl (C=O) groups is 1. The van der Waals surface area contributed by atoms with Crippen molar-refractivity contribution >= 4 is 16.8 Å². The van der Waals surface area contributed by atoms with Crippen LogP contribution < -0.4 is 15.0 Å². The molecule has 5 rings (SSSR count). The predicted octanol–water partition coefficient (Wildman–Crippen LogP) is 4.42. The summed E-state index contributed by atoms with van der Waals surface area (Å²) in [4.78, 5) is 30.3. The van der Waals surface area contributed by atoms with Crippen molar-refractivity contribution in [2.24, 2.45) is 0 Å². The Kier molecular flexibility index (Phi) is 5.71. The van der Waals surface area contributed by atoms with Crippen LogP contribution in [-0.2, 0) is 13.1 Å². The van der Waals surface area contributed by atoms with E-state index >= 15 is 0 Å². The third-order valence-corrected chi connectivity index (χ3v) is 5.62. The number of rotatable bonds is 5. The van der Waals surface area contributed by atoms with Gasteiger partial charge in [-0.05, 0) is 42.0 Å². The third-order valence-electron chi connectivity index (χ3n) is 5.62. The Morgan fingerprint density at radius 1 is 0.912 bits per heavy atom. The van der Waals surface area contributed by atoms with Gasteiger partial charge in [0.15, 0.2) is 11.5 Å². The van der Waals surface area contributed by atoms with Crippen molar-refractivity contribution in [3.05, 3.63) is 105 Å². The number of aromatic amines is 1. The SMILES string of the molecule is O=C(c1ccccc1F)N(Cc1ccc(F)cc1)Cc1cc2cc3c(cc2[nH]c1=O)OCCO3. The van der Waals surface area contributed by atoms with Gasteiger partial charge in [-0.15, -0.1) is 0 Å². The molecule has 6 nitrogen and oxygen atoms in total. The maximum Gasteiger partial charge on any atom is 0.257 e. The molecule has 0 atom stereocenters. The summed E-state index contributed by atoms with van der Waals surface area (Å²) in [6.07, 6.45) is 0. The van der Waals surface area contributed by atoms with Crippen molar-refractivity contribution in [2.75, 3.05) is 13.2 Å². The summed E-state index contributed by atoms with van der Waals surface area (Å²) in [5, 5.41) is 0.707. The molecule has 0 fully saturated rings. The van der Waals surface area contributed by atoms with Crippen molar-refractivity contribution in [3.8, 4) is 11.5 Å². The second-order valence-corrected chi connectivity index (χ2v) is 7.97. The molecule has 172 valence electrons. The molecule has 0 bridgehead atoms. The Labute approximate surface area is 193 Å². The smallest absolute Gasteiger partial charge is 0.257 e. The summed E-state index contributed by atoms with van der Waals surface area (Å²) >= 11 is 0. The number of hydrogen-bond acceptors (Lipinski definition) is 4. The van der Waals surface area contributed by atoms with Gasteiger partial charge in [0.05, 0.1) is 17.6 Å². The zero-order valence-corrected chi connectivity index (χ0v) is 18.0. The highest BCUT2D eigenvalue weighted by Crippen LogP contribution is 2.33. The van der Waals surface area contributed by atoms with Crippen LogP contribution in [0.3, 0.4) is 0 Å². The number of amides is 1. The van der Waals surface area contributed by atoms with E-state index in [2.05, 4.69) is 4.98 Å². The number of H-pyrrole nitrogens is 1. The van der Waals surface area contributed by atoms with Crippen LogP contribution in [0.2, 0.25) is 0 Å². The Morgan fingerprint density at radius 3 is 2.35 bits per heavy atom. The fraction of sp³-hybridized carbons (Fsp3) is 0.154. The van der Waals surface area contributed by atoms with E-state index in [4.69, 9.17) is 9.47 Å². The zero-order chi connectivity index (χ0) is 23.7. The highest BCUT2D eigenvalue weighted by molar-refractivity contribution is 5.94. The average Bonchev–Trinajstić information content (AvgIpc) is 2.84. The van der Waals surface area contributed by atoms with Crippen molar-refractivity contribution in [1.82, 2.24) is 9.88 Å². The predicted molar refractivity (Wildman–Crippen MR) is 122 cm³/mol. The standard InChI is InChI=1S/C26H20F2N2O4/c27-19-7-5-16(6-8-19)14-30(26(32)20-3-1-2-4-21(20)28)15-18-11-17-12-23-24(34-10-9-33-23)13-22(17)29-25(18)31/h1-8,11-13H,9-10,14-15H2,(H,29,31). The number of pyridine rings is 1.